The second-order valence-corrected chi connectivity index (χ2v) is 6.59. The van der Waals surface area contributed by atoms with E-state index in [4.69, 9.17) is 9.47 Å². The molecular weight excluding hydrogens is 250 g/mol. The van der Waals surface area contributed by atoms with Gasteiger partial charge in [0.25, 0.3) is 0 Å². The lowest BCUT2D eigenvalue weighted by molar-refractivity contribution is -0.183. The van der Waals surface area contributed by atoms with Gasteiger partial charge in [-0.2, -0.15) is 0 Å². The van der Waals surface area contributed by atoms with Gasteiger partial charge in [0, 0.05) is 18.9 Å². The lowest BCUT2D eigenvalue weighted by Gasteiger charge is -2.39. The zero-order valence-electron chi connectivity index (χ0n) is 13.5. The van der Waals surface area contributed by atoms with Gasteiger partial charge in [-0.1, -0.05) is 39.0 Å². The minimum atomic E-state index is -0.197. The Balaban J connectivity index is 1.56. The van der Waals surface area contributed by atoms with Gasteiger partial charge in [0.2, 0.25) is 0 Å². The molecule has 0 aromatic heterocycles. The van der Waals surface area contributed by atoms with Crippen LogP contribution >= 0.6 is 0 Å². The zero-order valence-corrected chi connectivity index (χ0v) is 13.5. The fourth-order valence-electron chi connectivity index (χ4n) is 3.59. The smallest absolute Gasteiger partial charge is 0.168 e. The summed E-state index contributed by atoms with van der Waals surface area (Å²) in [6, 6.07) is 0.740. The van der Waals surface area contributed by atoms with Gasteiger partial charge in [0.1, 0.15) is 0 Å². The highest BCUT2D eigenvalue weighted by atomic mass is 16.7. The van der Waals surface area contributed by atoms with Crippen molar-refractivity contribution in [2.75, 3.05) is 26.8 Å². The van der Waals surface area contributed by atoms with Gasteiger partial charge >= 0.3 is 0 Å². The molecule has 2 aliphatic rings. The molecule has 0 amide bonds. The van der Waals surface area contributed by atoms with Crippen molar-refractivity contribution in [1.29, 1.82) is 0 Å². The summed E-state index contributed by atoms with van der Waals surface area (Å²) in [7, 11) is 2.30. The SMILES string of the molecule is CCCCCCCCN(C)C1CCC2(CC1)OCCO2. The topological polar surface area (TPSA) is 21.7 Å². The molecular formula is C17H33NO2. The Bertz CT molecular complexity index is 254. The summed E-state index contributed by atoms with van der Waals surface area (Å²) in [4.78, 5) is 2.57. The molecule has 0 aromatic rings. The van der Waals surface area contributed by atoms with Crippen LogP contribution in [0.5, 0.6) is 0 Å². The molecule has 0 N–H and O–H groups in total. The molecule has 1 spiro atoms. The van der Waals surface area contributed by atoms with Crippen LogP contribution < -0.4 is 0 Å². The van der Waals surface area contributed by atoms with Gasteiger partial charge in [0.15, 0.2) is 5.79 Å². The van der Waals surface area contributed by atoms with Crippen LogP contribution in [0.25, 0.3) is 0 Å². The lowest BCUT2D eigenvalue weighted by atomic mass is 9.89. The summed E-state index contributed by atoms with van der Waals surface area (Å²) in [5.41, 5.74) is 0. The largest absolute Gasteiger partial charge is 0.348 e. The maximum atomic E-state index is 5.80. The lowest BCUT2D eigenvalue weighted by Crippen LogP contribution is -2.43. The number of ether oxygens (including phenoxy) is 2. The molecule has 0 atom stereocenters. The first-order valence-corrected chi connectivity index (χ1v) is 8.74. The van der Waals surface area contributed by atoms with E-state index in [-0.39, 0.29) is 5.79 Å². The number of rotatable bonds is 8. The molecule has 0 radical (unpaired) electrons. The predicted octanol–water partition coefficient (Wildman–Crippen LogP) is 3.96. The first kappa shape index (κ1) is 16.3. The van der Waals surface area contributed by atoms with Crippen molar-refractivity contribution in [3.05, 3.63) is 0 Å². The van der Waals surface area contributed by atoms with Crippen LogP contribution in [0.15, 0.2) is 0 Å². The average molecular weight is 283 g/mol. The molecule has 0 unspecified atom stereocenters. The standard InChI is InChI=1S/C17H33NO2/c1-3-4-5-6-7-8-13-18(2)16-9-11-17(12-10-16)19-14-15-20-17/h16H,3-15H2,1-2H3. The normalized spacial score (nSPS) is 22.9. The fraction of sp³-hybridized carbons (Fsp3) is 1.00. The van der Waals surface area contributed by atoms with Gasteiger partial charge < -0.3 is 14.4 Å². The van der Waals surface area contributed by atoms with E-state index in [0.29, 0.717) is 0 Å². The Hall–Kier alpha value is -0.120. The van der Waals surface area contributed by atoms with E-state index in [2.05, 4.69) is 18.9 Å². The Morgan fingerprint density at radius 2 is 1.55 bits per heavy atom. The third-order valence-corrected chi connectivity index (χ3v) is 5.02. The van der Waals surface area contributed by atoms with Crippen molar-refractivity contribution in [3.8, 4) is 0 Å². The molecule has 1 saturated carbocycles. The van der Waals surface area contributed by atoms with Crippen molar-refractivity contribution in [1.82, 2.24) is 4.90 Å². The van der Waals surface area contributed by atoms with Gasteiger partial charge in [0.05, 0.1) is 13.2 Å². The number of hydrogen-bond acceptors (Lipinski definition) is 3. The van der Waals surface area contributed by atoms with E-state index in [1.807, 2.05) is 0 Å². The molecule has 3 heteroatoms. The Labute approximate surface area is 125 Å². The zero-order chi connectivity index (χ0) is 14.3. The van der Waals surface area contributed by atoms with Gasteiger partial charge in [-0.3, -0.25) is 0 Å². The molecule has 2 rings (SSSR count). The summed E-state index contributed by atoms with van der Waals surface area (Å²) in [5.74, 6) is -0.197. The quantitative estimate of drug-likeness (QED) is 0.629. The second-order valence-electron chi connectivity index (χ2n) is 6.59. The van der Waals surface area contributed by atoms with Crippen LogP contribution in [0.1, 0.15) is 71.1 Å². The molecule has 2 fully saturated rings. The monoisotopic (exact) mass is 283 g/mol. The number of nitrogens with zero attached hydrogens (tertiary/aromatic N) is 1. The predicted molar refractivity (Wildman–Crippen MR) is 82.9 cm³/mol. The van der Waals surface area contributed by atoms with Gasteiger partial charge in [-0.15, -0.1) is 0 Å². The Morgan fingerprint density at radius 1 is 0.950 bits per heavy atom. The van der Waals surface area contributed by atoms with Gasteiger partial charge in [-0.05, 0) is 32.9 Å². The molecule has 1 heterocycles. The highest BCUT2D eigenvalue weighted by Gasteiger charge is 2.40. The third-order valence-electron chi connectivity index (χ3n) is 5.02. The highest BCUT2D eigenvalue weighted by molar-refractivity contribution is 4.85. The van der Waals surface area contributed by atoms with E-state index in [9.17, 15) is 0 Å². The first-order valence-electron chi connectivity index (χ1n) is 8.74. The molecule has 1 saturated heterocycles. The summed E-state index contributed by atoms with van der Waals surface area (Å²) in [5, 5.41) is 0. The fourth-order valence-corrected chi connectivity index (χ4v) is 3.59. The maximum Gasteiger partial charge on any atom is 0.168 e. The maximum absolute atomic E-state index is 5.80. The van der Waals surface area contributed by atoms with E-state index >= 15 is 0 Å². The van der Waals surface area contributed by atoms with Crippen LogP contribution in [0.4, 0.5) is 0 Å². The average Bonchev–Trinajstić information content (AvgIpc) is 2.91. The summed E-state index contributed by atoms with van der Waals surface area (Å²) in [6.07, 6.45) is 12.9. The Morgan fingerprint density at radius 3 is 2.20 bits per heavy atom. The minimum absolute atomic E-state index is 0.197. The van der Waals surface area contributed by atoms with Crippen LogP contribution in [0.3, 0.4) is 0 Å². The van der Waals surface area contributed by atoms with Crippen molar-refractivity contribution in [2.45, 2.75) is 83.0 Å². The van der Waals surface area contributed by atoms with Crippen LogP contribution in [0.2, 0.25) is 0 Å². The minimum Gasteiger partial charge on any atom is -0.348 e. The summed E-state index contributed by atoms with van der Waals surface area (Å²) < 4.78 is 11.6. The highest BCUT2D eigenvalue weighted by Crippen LogP contribution is 2.37. The van der Waals surface area contributed by atoms with E-state index < -0.39 is 0 Å². The van der Waals surface area contributed by atoms with E-state index in [0.717, 1.165) is 32.1 Å². The molecule has 1 aliphatic heterocycles. The van der Waals surface area contributed by atoms with Crippen LogP contribution in [-0.2, 0) is 9.47 Å². The van der Waals surface area contributed by atoms with Crippen molar-refractivity contribution < 1.29 is 9.47 Å². The molecule has 0 aromatic carbocycles. The third kappa shape index (κ3) is 4.71. The number of unbranched alkanes of at least 4 members (excludes halogenated alkanes) is 5. The van der Waals surface area contributed by atoms with Crippen molar-refractivity contribution in [3.63, 3.8) is 0 Å². The van der Waals surface area contributed by atoms with Crippen LogP contribution in [-0.4, -0.2) is 43.5 Å². The number of hydrogen-bond donors (Lipinski definition) is 0. The van der Waals surface area contributed by atoms with Gasteiger partial charge in [-0.25, -0.2) is 0 Å². The summed E-state index contributed by atoms with van der Waals surface area (Å²) in [6.45, 7) is 5.11. The van der Waals surface area contributed by atoms with Crippen LogP contribution in [0, 0.1) is 0 Å². The van der Waals surface area contributed by atoms with E-state index in [1.54, 1.807) is 0 Å². The second kappa shape index (κ2) is 8.35. The molecule has 3 nitrogen and oxygen atoms in total. The molecule has 1 aliphatic carbocycles. The summed E-state index contributed by atoms with van der Waals surface area (Å²) >= 11 is 0. The van der Waals surface area contributed by atoms with E-state index in [1.165, 1.54) is 57.9 Å². The molecule has 0 bridgehead atoms. The Kier molecular flexibility index (Phi) is 6.79. The van der Waals surface area contributed by atoms with Crippen molar-refractivity contribution >= 4 is 0 Å². The first-order chi connectivity index (χ1) is 9.76. The molecule has 118 valence electrons. The van der Waals surface area contributed by atoms with Crippen molar-refractivity contribution in [2.24, 2.45) is 0 Å². The molecule has 20 heavy (non-hydrogen) atoms.